The summed E-state index contributed by atoms with van der Waals surface area (Å²) >= 11 is 0. The van der Waals surface area contributed by atoms with Crippen LogP contribution in [0.15, 0.2) is 24.3 Å². The van der Waals surface area contributed by atoms with Gasteiger partial charge >= 0.3 is 0 Å². The summed E-state index contributed by atoms with van der Waals surface area (Å²) < 4.78 is 0. The second-order valence-electron chi connectivity index (χ2n) is 6.34. The highest BCUT2D eigenvalue weighted by molar-refractivity contribution is 6.01. The van der Waals surface area contributed by atoms with Gasteiger partial charge in [0, 0.05) is 24.7 Å². The van der Waals surface area contributed by atoms with E-state index in [4.69, 9.17) is 5.73 Å². The zero-order chi connectivity index (χ0) is 15.7. The Morgan fingerprint density at radius 3 is 2.74 bits per heavy atom. The molecule has 1 saturated heterocycles. The van der Waals surface area contributed by atoms with Gasteiger partial charge in [-0.1, -0.05) is 18.2 Å². The van der Waals surface area contributed by atoms with Gasteiger partial charge in [-0.2, -0.15) is 0 Å². The van der Waals surface area contributed by atoms with Gasteiger partial charge < -0.3 is 15.5 Å². The fourth-order valence-corrected chi connectivity index (χ4v) is 3.56. The summed E-state index contributed by atoms with van der Waals surface area (Å²) in [6.45, 7) is 3.51. The van der Waals surface area contributed by atoms with Crippen molar-refractivity contribution >= 4 is 29.9 Å². The lowest BCUT2D eigenvalue weighted by atomic mass is 10.0. The van der Waals surface area contributed by atoms with Gasteiger partial charge in [-0.3, -0.25) is 9.59 Å². The number of benzene rings is 1. The predicted octanol–water partition coefficient (Wildman–Crippen LogP) is 1.58. The van der Waals surface area contributed by atoms with Gasteiger partial charge in [-0.25, -0.2) is 0 Å². The van der Waals surface area contributed by atoms with Crippen LogP contribution in [-0.4, -0.2) is 42.4 Å². The van der Waals surface area contributed by atoms with Crippen molar-refractivity contribution in [3.63, 3.8) is 0 Å². The molecule has 0 spiro atoms. The molecule has 3 rings (SSSR count). The highest BCUT2D eigenvalue weighted by atomic mass is 35.5. The Balaban J connectivity index is 0.00000192. The molecule has 0 aliphatic carbocycles. The lowest BCUT2D eigenvalue weighted by Crippen LogP contribution is -2.46. The van der Waals surface area contributed by atoms with Gasteiger partial charge in [-0.05, 0) is 43.9 Å². The number of nitrogens with zero attached hydrogens (tertiary/aromatic N) is 2. The zero-order valence-corrected chi connectivity index (χ0v) is 14.2. The Hall–Kier alpha value is -1.59. The van der Waals surface area contributed by atoms with Gasteiger partial charge in [0.1, 0.15) is 6.54 Å². The minimum atomic E-state index is 0. The number of para-hydroxylation sites is 1. The molecule has 0 radical (unpaired) electrons. The second-order valence-corrected chi connectivity index (χ2v) is 6.34. The summed E-state index contributed by atoms with van der Waals surface area (Å²) in [5.74, 6) is 0.436. The minimum Gasteiger partial charge on any atom is -0.338 e. The molecule has 0 aromatic heterocycles. The molecule has 0 saturated carbocycles. The van der Waals surface area contributed by atoms with E-state index in [1.807, 2.05) is 29.2 Å². The molecule has 2 unspecified atom stereocenters. The molecule has 0 bridgehead atoms. The maximum absolute atomic E-state index is 12.6. The highest BCUT2D eigenvalue weighted by Gasteiger charge is 2.34. The molecule has 2 atom stereocenters. The lowest BCUT2D eigenvalue weighted by molar-refractivity contribution is -0.132. The molecule has 1 aromatic carbocycles. The smallest absolute Gasteiger partial charge is 0.242 e. The first-order valence-electron chi connectivity index (χ1n) is 7.98. The molecular formula is C17H24ClN3O2. The third-order valence-electron chi connectivity index (χ3n) is 4.80. The molecular weight excluding hydrogens is 314 g/mol. The molecule has 2 aliphatic heterocycles. The van der Waals surface area contributed by atoms with E-state index in [0.717, 1.165) is 24.1 Å². The van der Waals surface area contributed by atoms with E-state index >= 15 is 0 Å². The number of likely N-dealkylation sites (tertiary alicyclic amines) is 1. The number of nitrogens with two attached hydrogens (primary N) is 1. The number of hydrogen-bond acceptors (Lipinski definition) is 3. The van der Waals surface area contributed by atoms with Crippen LogP contribution in [0.4, 0.5) is 5.69 Å². The molecule has 2 N–H and O–H groups in total. The van der Waals surface area contributed by atoms with Crippen molar-refractivity contribution < 1.29 is 9.59 Å². The van der Waals surface area contributed by atoms with Crippen molar-refractivity contribution in [2.24, 2.45) is 11.7 Å². The Kier molecular flexibility index (Phi) is 5.65. The molecule has 1 aromatic rings. The summed E-state index contributed by atoms with van der Waals surface area (Å²) in [6.07, 6.45) is 2.19. The molecule has 23 heavy (non-hydrogen) atoms. The molecule has 6 heteroatoms. The van der Waals surface area contributed by atoms with Crippen molar-refractivity contribution in [2.75, 3.05) is 24.5 Å². The standard InChI is InChI=1S/C17H23N3O2.ClH/c1-12-8-13(9-18)10-19(12)17(22)11-20-15-5-3-2-4-14(15)6-7-16(20)21;/h2-5,12-13H,6-11,18H2,1H3;1H. The van der Waals surface area contributed by atoms with Crippen LogP contribution in [-0.2, 0) is 16.0 Å². The summed E-state index contributed by atoms with van der Waals surface area (Å²) in [7, 11) is 0. The third kappa shape index (κ3) is 3.51. The Morgan fingerprint density at radius 2 is 2.04 bits per heavy atom. The highest BCUT2D eigenvalue weighted by Crippen LogP contribution is 2.28. The molecule has 1 fully saturated rings. The van der Waals surface area contributed by atoms with E-state index in [9.17, 15) is 9.59 Å². The number of fused-ring (bicyclic) bond motifs is 1. The van der Waals surface area contributed by atoms with E-state index in [2.05, 4.69) is 6.92 Å². The van der Waals surface area contributed by atoms with Crippen LogP contribution in [0.3, 0.4) is 0 Å². The van der Waals surface area contributed by atoms with Crippen molar-refractivity contribution in [2.45, 2.75) is 32.2 Å². The number of amides is 2. The van der Waals surface area contributed by atoms with Gasteiger partial charge in [-0.15, -0.1) is 12.4 Å². The summed E-state index contributed by atoms with van der Waals surface area (Å²) in [5, 5.41) is 0. The van der Waals surface area contributed by atoms with Crippen LogP contribution in [0.25, 0.3) is 0 Å². The maximum Gasteiger partial charge on any atom is 0.242 e. The fraction of sp³-hybridized carbons (Fsp3) is 0.529. The Labute approximate surface area is 143 Å². The summed E-state index contributed by atoms with van der Waals surface area (Å²) in [6, 6.07) is 8.05. The first-order chi connectivity index (χ1) is 10.6. The number of aryl methyl sites for hydroxylation is 1. The van der Waals surface area contributed by atoms with Crippen LogP contribution >= 0.6 is 12.4 Å². The summed E-state index contributed by atoms with van der Waals surface area (Å²) in [4.78, 5) is 28.4. The van der Waals surface area contributed by atoms with E-state index in [-0.39, 0.29) is 36.8 Å². The van der Waals surface area contributed by atoms with Crippen LogP contribution < -0.4 is 10.6 Å². The average molecular weight is 338 g/mol. The molecule has 5 nitrogen and oxygen atoms in total. The van der Waals surface area contributed by atoms with Crippen LogP contribution in [0.1, 0.15) is 25.3 Å². The molecule has 2 heterocycles. The van der Waals surface area contributed by atoms with Crippen molar-refractivity contribution in [1.82, 2.24) is 4.90 Å². The lowest BCUT2D eigenvalue weighted by Gasteiger charge is -2.31. The minimum absolute atomic E-state index is 0. The zero-order valence-electron chi connectivity index (χ0n) is 13.4. The quantitative estimate of drug-likeness (QED) is 0.910. The second kappa shape index (κ2) is 7.32. The molecule has 2 aliphatic rings. The van der Waals surface area contributed by atoms with Crippen molar-refractivity contribution in [1.29, 1.82) is 0 Å². The van der Waals surface area contributed by atoms with Gasteiger partial charge in [0.2, 0.25) is 11.8 Å². The first-order valence-corrected chi connectivity index (χ1v) is 7.98. The van der Waals surface area contributed by atoms with Gasteiger partial charge in [0.15, 0.2) is 0 Å². The number of halogens is 1. The summed E-state index contributed by atoms with van der Waals surface area (Å²) in [5.41, 5.74) is 7.75. The Morgan fingerprint density at radius 1 is 1.30 bits per heavy atom. The number of hydrogen-bond donors (Lipinski definition) is 1. The van der Waals surface area contributed by atoms with Crippen LogP contribution in [0.5, 0.6) is 0 Å². The molecule has 2 amide bonds. The number of carbonyl (C=O) groups excluding carboxylic acids is 2. The van der Waals surface area contributed by atoms with Crippen molar-refractivity contribution in [3.8, 4) is 0 Å². The topological polar surface area (TPSA) is 66.6 Å². The van der Waals surface area contributed by atoms with Crippen molar-refractivity contribution in [3.05, 3.63) is 29.8 Å². The maximum atomic E-state index is 12.6. The molecule has 126 valence electrons. The number of carbonyl (C=O) groups is 2. The monoisotopic (exact) mass is 337 g/mol. The largest absolute Gasteiger partial charge is 0.338 e. The third-order valence-corrected chi connectivity index (χ3v) is 4.80. The SMILES string of the molecule is CC1CC(CN)CN1C(=O)CN1C(=O)CCc2ccccc21.Cl. The first kappa shape index (κ1) is 17.8. The van der Waals surface area contributed by atoms with Gasteiger partial charge in [0.25, 0.3) is 0 Å². The number of rotatable bonds is 3. The van der Waals surface area contributed by atoms with E-state index in [1.165, 1.54) is 0 Å². The van der Waals surface area contributed by atoms with E-state index in [0.29, 0.717) is 25.4 Å². The predicted molar refractivity (Wildman–Crippen MR) is 92.7 cm³/mol. The average Bonchev–Trinajstić information content (AvgIpc) is 2.91. The van der Waals surface area contributed by atoms with E-state index in [1.54, 1.807) is 4.90 Å². The Bertz CT molecular complexity index is 593. The van der Waals surface area contributed by atoms with Crippen LogP contribution in [0, 0.1) is 5.92 Å². The van der Waals surface area contributed by atoms with Crippen LogP contribution in [0.2, 0.25) is 0 Å². The normalized spacial score (nSPS) is 23.5. The van der Waals surface area contributed by atoms with Gasteiger partial charge in [0.05, 0.1) is 0 Å². The van der Waals surface area contributed by atoms with E-state index < -0.39 is 0 Å². The fourth-order valence-electron chi connectivity index (χ4n) is 3.56. The number of anilines is 1.